The Balaban J connectivity index is 2.62. The van der Waals surface area contributed by atoms with E-state index in [1.807, 2.05) is 0 Å². The van der Waals surface area contributed by atoms with Gasteiger partial charge in [-0.05, 0) is 26.7 Å². The van der Waals surface area contributed by atoms with Gasteiger partial charge in [0.1, 0.15) is 0 Å². The minimum Gasteiger partial charge on any atom is -0.246 e. The third kappa shape index (κ3) is 2.56. The second-order valence-electron chi connectivity index (χ2n) is 2.53. The van der Waals surface area contributed by atoms with Crippen LogP contribution in [0.15, 0.2) is 0 Å². The van der Waals surface area contributed by atoms with Crippen molar-refractivity contribution in [1.82, 2.24) is 4.98 Å². The maximum Gasteiger partial charge on any atom is 0.0900 e. The van der Waals surface area contributed by atoms with Gasteiger partial charge < -0.3 is 0 Å². The normalized spacial score (nSPS) is 10.5. The van der Waals surface area contributed by atoms with Gasteiger partial charge >= 0.3 is 0 Å². The van der Waals surface area contributed by atoms with Crippen LogP contribution in [0.4, 0.5) is 0 Å². The fourth-order valence-electron chi connectivity index (χ4n) is 1.04. The van der Waals surface area contributed by atoms with E-state index in [0.717, 1.165) is 11.8 Å². The highest BCUT2D eigenvalue weighted by Gasteiger charge is 2.02. The Hall–Kier alpha value is 0.110. The summed E-state index contributed by atoms with van der Waals surface area (Å²) in [5.41, 5.74) is 1.28. The lowest BCUT2D eigenvalue weighted by molar-refractivity contribution is 0.894. The summed E-state index contributed by atoms with van der Waals surface area (Å²) in [7, 11) is 0. The van der Waals surface area contributed by atoms with Gasteiger partial charge in [-0.3, -0.25) is 0 Å². The van der Waals surface area contributed by atoms with Gasteiger partial charge in [0, 0.05) is 10.2 Å². The zero-order chi connectivity index (χ0) is 8.27. The van der Waals surface area contributed by atoms with Gasteiger partial charge in [0.05, 0.1) is 10.7 Å². The standard InChI is InChI=1S/C8H12BrNS/c1-6-8(4-3-5-9)10-7(2)11-6/h3-5H2,1-2H3. The van der Waals surface area contributed by atoms with Crippen molar-refractivity contribution in [1.29, 1.82) is 0 Å². The lowest BCUT2D eigenvalue weighted by Crippen LogP contribution is -1.88. The second kappa shape index (κ2) is 4.21. The predicted octanol–water partition coefficient (Wildman–Crippen LogP) is 3.09. The van der Waals surface area contributed by atoms with Crippen molar-refractivity contribution in [2.75, 3.05) is 5.33 Å². The van der Waals surface area contributed by atoms with Crippen LogP contribution < -0.4 is 0 Å². The largest absolute Gasteiger partial charge is 0.246 e. The first kappa shape index (κ1) is 9.20. The number of alkyl halides is 1. The maximum atomic E-state index is 4.45. The predicted molar refractivity (Wildman–Crippen MR) is 53.7 cm³/mol. The molecular formula is C8H12BrNS. The molecule has 0 unspecified atom stereocenters. The summed E-state index contributed by atoms with van der Waals surface area (Å²) >= 11 is 5.21. The fourth-order valence-corrected chi connectivity index (χ4v) is 2.18. The zero-order valence-corrected chi connectivity index (χ0v) is 9.26. The lowest BCUT2D eigenvalue weighted by Gasteiger charge is -1.93. The summed E-state index contributed by atoms with van der Waals surface area (Å²) in [5.74, 6) is 0. The van der Waals surface area contributed by atoms with Crippen molar-refractivity contribution in [3.63, 3.8) is 0 Å². The second-order valence-corrected chi connectivity index (χ2v) is 4.73. The molecule has 0 aliphatic rings. The Morgan fingerprint density at radius 1 is 1.45 bits per heavy atom. The molecule has 0 radical (unpaired) electrons. The summed E-state index contributed by atoms with van der Waals surface area (Å²) in [6.45, 7) is 4.21. The molecule has 1 aromatic rings. The summed E-state index contributed by atoms with van der Waals surface area (Å²) in [5, 5.41) is 2.26. The number of thiazole rings is 1. The number of nitrogens with zero attached hydrogens (tertiary/aromatic N) is 1. The van der Waals surface area contributed by atoms with Crippen molar-refractivity contribution >= 4 is 27.3 Å². The van der Waals surface area contributed by atoms with Crippen LogP contribution in [0, 0.1) is 13.8 Å². The van der Waals surface area contributed by atoms with Crippen LogP contribution >= 0.6 is 27.3 Å². The molecule has 1 rings (SSSR count). The topological polar surface area (TPSA) is 12.9 Å². The summed E-state index contributed by atoms with van der Waals surface area (Å²) in [6, 6.07) is 0. The highest BCUT2D eigenvalue weighted by atomic mass is 79.9. The van der Waals surface area contributed by atoms with Crippen LogP contribution in [-0.4, -0.2) is 10.3 Å². The Bertz CT molecular complexity index is 232. The molecule has 0 bridgehead atoms. The Morgan fingerprint density at radius 2 is 2.18 bits per heavy atom. The number of halogens is 1. The van der Waals surface area contributed by atoms with Crippen LogP contribution in [0.1, 0.15) is 22.0 Å². The van der Waals surface area contributed by atoms with Crippen LogP contribution in [0.5, 0.6) is 0 Å². The molecule has 0 aliphatic heterocycles. The fraction of sp³-hybridized carbons (Fsp3) is 0.625. The van der Waals surface area contributed by atoms with E-state index >= 15 is 0 Å². The first-order chi connectivity index (χ1) is 5.24. The minimum atomic E-state index is 1.07. The third-order valence-corrected chi connectivity index (χ3v) is 3.04. The molecule has 0 atom stereocenters. The lowest BCUT2D eigenvalue weighted by atomic mass is 10.2. The van der Waals surface area contributed by atoms with Gasteiger partial charge in [0.2, 0.25) is 0 Å². The molecule has 0 fully saturated rings. The molecule has 1 aromatic heterocycles. The van der Waals surface area contributed by atoms with E-state index in [0.29, 0.717) is 0 Å². The summed E-state index contributed by atoms with van der Waals surface area (Å²) in [6.07, 6.45) is 2.30. The van der Waals surface area contributed by atoms with E-state index < -0.39 is 0 Å². The molecule has 1 nitrogen and oxygen atoms in total. The number of aromatic nitrogens is 1. The van der Waals surface area contributed by atoms with Crippen molar-refractivity contribution in [3.05, 3.63) is 15.6 Å². The first-order valence-electron chi connectivity index (χ1n) is 3.73. The van der Waals surface area contributed by atoms with E-state index in [4.69, 9.17) is 0 Å². The highest BCUT2D eigenvalue weighted by molar-refractivity contribution is 9.09. The average Bonchev–Trinajstić information content (AvgIpc) is 2.26. The van der Waals surface area contributed by atoms with Crippen LogP contribution in [0.25, 0.3) is 0 Å². The quantitative estimate of drug-likeness (QED) is 0.732. The van der Waals surface area contributed by atoms with E-state index in [-0.39, 0.29) is 0 Å². The molecule has 0 spiro atoms. The Kier molecular flexibility index (Phi) is 3.52. The van der Waals surface area contributed by atoms with Gasteiger partial charge in [0.25, 0.3) is 0 Å². The SMILES string of the molecule is Cc1nc(CCCBr)c(C)s1. The third-order valence-electron chi connectivity index (χ3n) is 1.55. The maximum absolute atomic E-state index is 4.45. The van der Waals surface area contributed by atoms with Crippen LogP contribution in [-0.2, 0) is 6.42 Å². The van der Waals surface area contributed by atoms with Crippen molar-refractivity contribution in [2.24, 2.45) is 0 Å². The molecule has 11 heavy (non-hydrogen) atoms. The molecule has 0 aromatic carbocycles. The highest BCUT2D eigenvalue weighted by Crippen LogP contribution is 2.17. The van der Waals surface area contributed by atoms with E-state index in [2.05, 4.69) is 34.8 Å². The molecule has 0 amide bonds. The van der Waals surface area contributed by atoms with Gasteiger partial charge in [0.15, 0.2) is 0 Å². The molecule has 3 heteroatoms. The summed E-state index contributed by atoms with van der Waals surface area (Å²) in [4.78, 5) is 5.82. The number of rotatable bonds is 3. The molecule has 62 valence electrons. The average molecular weight is 234 g/mol. The molecule has 0 N–H and O–H groups in total. The molecular weight excluding hydrogens is 222 g/mol. The van der Waals surface area contributed by atoms with E-state index in [9.17, 15) is 0 Å². The van der Waals surface area contributed by atoms with Crippen molar-refractivity contribution < 1.29 is 0 Å². The minimum absolute atomic E-state index is 1.07. The molecule has 1 heterocycles. The van der Waals surface area contributed by atoms with Crippen LogP contribution in [0.2, 0.25) is 0 Å². The van der Waals surface area contributed by atoms with Gasteiger partial charge in [-0.25, -0.2) is 4.98 Å². The van der Waals surface area contributed by atoms with E-state index in [1.165, 1.54) is 22.0 Å². The molecule has 0 saturated carbocycles. The monoisotopic (exact) mass is 233 g/mol. The number of aryl methyl sites for hydroxylation is 3. The van der Waals surface area contributed by atoms with Gasteiger partial charge in [-0.15, -0.1) is 11.3 Å². The van der Waals surface area contributed by atoms with Crippen molar-refractivity contribution in [3.8, 4) is 0 Å². The Morgan fingerprint density at radius 3 is 2.64 bits per heavy atom. The summed E-state index contributed by atoms with van der Waals surface area (Å²) < 4.78 is 0. The van der Waals surface area contributed by atoms with E-state index in [1.54, 1.807) is 11.3 Å². The van der Waals surface area contributed by atoms with Gasteiger partial charge in [-0.1, -0.05) is 15.9 Å². The molecule has 0 saturated heterocycles. The molecule has 0 aliphatic carbocycles. The Labute approximate surface area is 80.0 Å². The van der Waals surface area contributed by atoms with Crippen molar-refractivity contribution in [2.45, 2.75) is 26.7 Å². The smallest absolute Gasteiger partial charge is 0.0900 e. The zero-order valence-electron chi connectivity index (χ0n) is 6.85. The number of hydrogen-bond donors (Lipinski definition) is 0. The number of hydrogen-bond acceptors (Lipinski definition) is 2. The first-order valence-corrected chi connectivity index (χ1v) is 5.66. The van der Waals surface area contributed by atoms with Crippen LogP contribution in [0.3, 0.4) is 0 Å². The van der Waals surface area contributed by atoms with Gasteiger partial charge in [-0.2, -0.15) is 0 Å².